The summed E-state index contributed by atoms with van der Waals surface area (Å²) in [5.74, 6) is -1.21. The van der Waals surface area contributed by atoms with Crippen LogP contribution in [0.3, 0.4) is 0 Å². The van der Waals surface area contributed by atoms with Crippen LogP contribution in [0.2, 0.25) is 0 Å². The molecule has 5 N–H and O–H groups in total. The molecule has 0 spiro atoms. The first-order valence-electron chi connectivity index (χ1n) is 16.3. The molecule has 0 radical (unpaired) electrons. The van der Waals surface area contributed by atoms with E-state index in [1.807, 2.05) is 57.3 Å². The van der Waals surface area contributed by atoms with Crippen LogP contribution < -0.4 is 26.4 Å². The monoisotopic (exact) mass is 685 g/mol. The lowest BCUT2D eigenvalue weighted by Gasteiger charge is -2.37. The number of esters is 1. The van der Waals surface area contributed by atoms with Gasteiger partial charge in [-0.05, 0) is 93.6 Å². The summed E-state index contributed by atoms with van der Waals surface area (Å²) in [5, 5.41) is 9.67. The van der Waals surface area contributed by atoms with Crippen molar-refractivity contribution in [3.63, 3.8) is 0 Å². The number of carbonyl (C=O) groups excluding carboxylic acids is 4. The molecule has 3 aromatic carbocycles. The summed E-state index contributed by atoms with van der Waals surface area (Å²) in [6.07, 6.45) is 0.807. The molecule has 12 nitrogen and oxygen atoms in total. The van der Waals surface area contributed by atoms with Crippen LogP contribution in [0.4, 0.5) is 4.79 Å². The van der Waals surface area contributed by atoms with E-state index >= 15 is 0 Å². The Morgan fingerprint density at radius 1 is 0.980 bits per heavy atom. The molecule has 0 saturated heterocycles. The van der Waals surface area contributed by atoms with Crippen LogP contribution >= 0.6 is 0 Å². The van der Waals surface area contributed by atoms with E-state index in [2.05, 4.69) is 16.0 Å². The summed E-state index contributed by atoms with van der Waals surface area (Å²) in [6.45, 7) is 10.9. The fourth-order valence-corrected chi connectivity index (χ4v) is 5.90. The molecule has 0 saturated carbocycles. The SMILES string of the molecule is COC(=O)c1cc(CN(C(=O)C(Cc2c(C)cc(C(N)=O)cc2C)NC(=O)OC(C)(C)C)C(C)C2NC=C(c3ccccc3)N2)ccc1OC. The van der Waals surface area contributed by atoms with Crippen molar-refractivity contribution < 1.29 is 33.4 Å². The first kappa shape index (κ1) is 37.3. The number of aryl methyl sites for hydroxylation is 2. The van der Waals surface area contributed by atoms with Gasteiger partial charge in [-0.25, -0.2) is 9.59 Å². The fourth-order valence-electron chi connectivity index (χ4n) is 5.90. The molecule has 1 aliphatic rings. The predicted molar refractivity (Wildman–Crippen MR) is 190 cm³/mol. The number of benzene rings is 3. The first-order chi connectivity index (χ1) is 23.6. The predicted octanol–water partition coefficient (Wildman–Crippen LogP) is 4.57. The van der Waals surface area contributed by atoms with Gasteiger partial charge < -0.3 is 40.8 Å². The Morgan fingerprint density at radius 3 is 2.22 bits per heavy atom. The van der Waals surface area contributed by atoms with Gasteiger partial charge in [0.25, 0.3) is 0 Å². The number of nitrogens with zero attached hydrogens (tertiary/aromatic N) is 1. The number of ether oxygens (including phenoxy) is 3. The van der Waals surface area contributed by atoms with E-state index in [-0.39, 0.29) is 18.5 Å². The molecule has 3 unspecified atom stereocenters. The minimum atomic E-state index is -1.08. The number of primary amides is 1. The smallest absolute Gasteiger partial charge is 0.408 e. The molecule has 3 atom stereocenters. The Hall–Kier alpha value is -5.52. The van der Waals surface area contributed by atoms with Gasteiger partial charge in [-0.15, -0.1) is 0 Å². The minimum Gasteiger partial charge on any atom is -0.496 e. The summed E-state index contributed by atoms with van der Waals surface area (Å²) in [5.41, 5.74) is 10.0. The highest BCUT2D eigenvalue weighted by Crippen LogP contribution is 2.26. The van der Waals surface area contributed by atoms with Crippen molar-refractivity contribution in [1.82, 2.24) is 20.9 Å². The van der Waals surface area contributed by atoms with Gasteiger partial charge in [0.1, 0.15) is 29.1 Å². The van der Waals surface area contributed by atoms with Crippen molar-refractivity contribution in [3.05, 3.63) is 106 Å². The van der Waals surface area contributed by atoms with Gasteiger partial charge in [0, 0.05) is 24.7 Å². The third-order valence-electron chi connectivity index (χ3n) is 8.46. The lowest BCUT2D eigenvalue weighted by atomic mass is 9.93. The molecule has 1 aliphatic heterocycles. The standard InChI is InChI=1S/C38H47N5O7/c1-22-16-27(33(39)44)17-23(2)28(22)19-30(42-37(47)50-38(4,5)6)35(45)43(21-25-14-15-32(48-7)29(18-25)36(46)49-8)24(3)34-40-20-31(41-34)26-12-10-9-11-13-26/h9-18,20,24,30,34,40-41H,19,21H2,1-8H3,(H2,39,44)(H,42,47). The number of rotatable bonds is 12. The number of hydrogen-bond acceptors (Lipinski definition) is 9. The van der Waals surface area contributed by atoms with Gasteiger partial charge in [-0.1, -0.05) is 36.4 Å². The highest BCUT2D eigenvalue weighted by Gasteiger charge is 2.36. The molecular formula is C38H47N5O7. The van der Waals surface area contributed by atoms with E-state index in [1.54, 1.807) is 56.0 Å². The van der Waals surface area contributed by atoms with Crippen LogP contribution in [-0.2, 0) is 27.2 Å². The van der Waals surface area contributed by atoms with Gasteiger partial charge in [0.2, 0.25) is 11.8 Å². The second-order valence-corrected chi connectivity index (χ2v) is 13.3. The van der Waals surface area contributed by atoms with Crippen molar-refractivity contribution in [3.8, 4) is 5.75 Å². The number of nitrogens with one attached hydrogen (secondary N) is 3. The highest BCUT2D eigenvalue weighted by molar-refractivity contribution is 5.94. The Labute approximate surface area is 293 Å². The lowest BCUT2D eigenvalue weighted by molar-refractivity contribution is -0.137. The van der Waals surface area contributed by atoms with Gasteiger partial charge in [0.15, 0.2) is 0 Å². The van der Waals surface area contributed by atoms with Crippen LogP contribution in [0.15, 0.2) is 66.9 Å². The maximum Gasteiger partial charge on any atom is 0.408 e. The summed E-state index contributed by atoms with van der Waals surface area (Å²) in [6, 6.07) is 16.6. The van der Waals surface area contributed by atoms with Crippen LogP contribution in [0.5, 0.6) is 5.75 Å². The maximum absolute atomic E-state index is 14.9. The van der Waals surface area contributed by atoms with Crippen molar-refractivity contribution >= 4 is 29.6 Å². The van der Waals surface area contributed by atoms with E-state index in [0.717, 1.165) is 28.0 Å². The number of hydrogen-bond donors (Lipinski definition) is 4. The molecule has 4 rings (SSSR count). The van der Waals surface area contributed by atoms with E-state index in [1.165, 1.54) is 14.2 Å². The van der Waals surface area contributed by atoms with Crippen LogP contribution in [0.25, 0.3) is 5.70 Å². The molecule has 0 aliphatic carbocycles. The number of amides is 3. The van der Waals surface area contributed by atoms with Crippen LogP contribution in [0, 0.1) is 13.8 Å². The molecule has 266 valence electrons. The topological polar surface area (TPSA) is 161 Å². The zero-order valence-electron chi connectivity index (χ0n) is 29.9. The van der Waals surface area contributed by atoms with Gasteiger partial charge in [-0.3, -0.25) is 9.59 Å². The molecule has 1 heterocycles. The lowest BCUT2D eigenvalue weighted by Crippen LogP contribution is -2.58. The zero-order chi connectivity index (χ0) is 36.7. The normalized spacial score (nSPS) is 15.0. The molecule has 0 aromatic heterocycles. The molecule has 3 aromatic rings. The van der Waals surface area contributed by atoms with Gasteiger partial charge in [-0.2, -0.15) is 0 Å². The first-order valence-corrected chi connectivity index (χ1v) is 16.3. The summed E-state index contributed by atoms with van der Waals surface area (Å²) >= 11 is 0. The third kappa shape index (κ3) is 9.13. The molecule has 0 fully saturated rings. The molecule has 12 heteroatoms. The number of alkyl carbamates (subject to hydrolysis) is 1. The second-order valence-electron chi connectivity index (χ2n) is 13.3. The summed E-state index contributed by atoms with van der Waals surface area (Å²) in [7, 11) is 2.75. The van der Waals surface area contributed by atoms with E-state index in [9.17, 15) is 19.2 Å². The summed E-state index contributed by atoms with van der Waals surface area (Å²) < 4.78 is 16.0. The quantitative estimate of drug-likeness (QED) is 0.200. The highest BCUT2D eigenvalue weighted by atomic mass is 16.6. The Kier molecular flexibility index (Phi) is 11.8. The molecule has 50 heavy (non-hydrogen) atoms. The van der Waals surface area contributed by atoms with E-state index in [4.69, 9.17) is 19.9 Å². The number of nitrogens with two attached hydrogens (primary N) is 1. The number of methoxy groups -OCH3 is 2. The third-order valence-corrected chi connectivity index (χ3v) is 8.46. The van der Waals surface area contributed by atoms with Gasteiger partial charge in [0.05, 0.1) is 26.0 Å². The minimum absolute atomic E-state index is 0.0690. The van der Waals surface area contributed by atoms with Crippen molar-refractivity contribution in [1.29, 1.82) is 0 Å². The Bertz CT molecular complexity index is 1740. The second kappa shape index (κ2) is 15.8. The largest absolute Gasteiger partial charge is 0.496 e. The number of carbonyl (C=O) groups is 4. The average Bonchev–Trinajstić information content (AvgIpc) is 3.57. The zero-order valence-corrected chi connectivity index (χ0v) is 29.9. The van der Waals surface area contributed by atoms with Gasteiger partial charge >= 0.3 is 12.1 Å². The maximum atomic E-state index is 14.9. The fraction of sp³-hybridized carbons (Fsp3) is 0.368. The summed E-state index contributed by atoms with van der Waals surface area (Å²) in [4.78, 5) is 54.4. The molecular weight excluding hydrogens is 638 g/mol. The Balaban J connectivity index is 1.76. The van der Waals surface area contributed by atoms with Crippen molar-refractivity contribution in [2.75, 3.05) is 14.2 Å². The van der Waals surface area contributed by atoms with Crippen LogP contribution in [0.1, 0.15) is 76.2 Å². The average molecular weight is 686 g/mol. The van der Waals surface area contributed by atoms with Crippen molar-refractivity contribution in [2.24, 2.45) is 5.73 Å². The molecule has 0 bridgehead atoms. The van der Waals surface area contributed by atoms with E-state index in [0.29, 0.717) is 16.9 Å². The van der Waals surface area contributed by atoms with Crippen molar-refractivity contribution in [2.45, 2.75) is 78.4 Å². The van der Waals surface area contributed by atoms with Crippen LogP contribution in [-0.4, -0.2) is 66.8 Å². The van der Waals surface area contributed by atoms with E-state index < -0.39 is 47.7 Å². The molecule has 3 amide bonds. The Morgan fingerprint density at radius 2 is 1.64 bits per heavy atom.